The fourth-order valence-electron chi connectivity index (χ4n) is 2.38. The molecule has 0 aliphatic carbocycles. The third-order valence-electron chi connectivity index (χ3n) is 3.49. The van der Waals surface area contributed by atoms with Gasteiger partial charge in [0, 0.05) is 28.6 Å². The van der Waals surface area contributed by atoms with Gasteiger partial charge in [-0.25, -0.2) is 4.98 Å². The third kappa shape index (κ3) is 3.76. The summed E-state index contributed by atoms with van der Waals surface area (Å²) in [4.78, 5) is 4.21. The Bertz CT molecular complexity index is 574. The highest BCUT2D eigenvalue weighted by molar-refractivity contribution is 6.35. The van der Waals surface area contributed by atoms with Crippen LogP contribution in [0.25, 0.3) is 0 Å². The Balaban J connectivity index is 2.42. The largest absolute Gasteiger partial charge is 0.370 e. The minimum Gasteiger partial charge on any atom is -0.370 e. The van der Waals surface area contributed by atoms with E-state index in [4.69, 9.17) is 27.9 Å². The van der Waals surface area contributed by atoms with Crippen molar-refractivity contribution in [2.24, 2.45) is 0 Å². The van der Waals surface area contributed by atoms with Crippen molar-refractivity contribution in [3.05, 3.63) is 46.0 Å². The van der Waals surface area contributed by atoms with Gasteiger partial charge in [0.15, 0.2) is 0 Å². The number of halogens is 2. The lowest BCUT2D eigenvalue weighted by Crippen LogP contribution is -2.33. The Hall–Kier alpha value is -1.10. The number of H-pyrrole nitrogens is 1. The van der Waals surface area contributed by atoms with E-state index in [-0.39, 0.29) is 0 Å². The second-order valence-corrected chi connectivity index (χ2v) is 5.77. The normalized spacial score (nSPS) is 14.1. The zero-order chi connectivity index (χ0) is 15.3. The molecule has 1 unspecified atom stereocenters. The summed E-state index contributed by atoms with van der Waals surface area (Å²) in [6.45, 7) is 4.82. The molecule has 0 radical (unpaired) electrons. The van der Waals surface area contributed by atoms with Gasteiger partial charge in [-0.2, -0.15) is 5.10 Å². The smallest absolute Gasteiger partial charge is 0.137 e. The van der Waals surface area contributed by atoms with E-state index in [1.54, 1.807) is 6.07 Å². The average Bonchev–Trinajstić information content (AvgIpc) is 2.96. The van der Waals surface area contributed by atoms with Gasteiger partial charge in [0.2, 0.25) is 0 Å². The van der Waals surface area contributed by atoms with Crippen LogP contribution in [0, 0.1) is 0 Å². The fraction of sp³-hybridized carbons (Fsp3) is 0.467. The summed E-state index contributed by atoms with van der Waals surface area (Å²) in [6.07, 6.45) is 3.79. The van der Waals surface area contributed by atoms with Crippen molar-refractivity contribution in [1.82, 2.24) is 15.2 Å². The van der Waals surface area contributed by atoms with Gasteiger partial charge < -0.3 is 4.74 Å². The predicted octanol–water partition coefficient (Wildman–Crippen LogP) is 4.39. The van der Waals surface area contributed by atoms with Crippen LogP contribution in [-0.4, -0.2) is 21.8 Å². The van der Waals surface area contributed by atoms with Gasteiger partial charge in [-0.05, 0) is 25.0 Å². The Morgan fingerprint density at radius 2 is 2.10 bits per heavy atom. The number of rotatable bonds is 7. The van der Waals surface area contributed by atoms with E-state index >= 15 is 0 Å². The SMILES string of the molecule is CCCOC(CC)(Cc1ncn[nH]1)c1ccc(Cl)cc1Cl. The van der Waals surface area contributed by atoms with Crippen LogP contribution in [0.5, 0.6) is 0 Å². The molecule has 0 spiro atoms. The van der Waals surface area contributed by atoms with Gasteiger partial charge in [-0.3, -0.25) is 5.10 Å². The lowest BCUT2D eigenvalue weighted by Gasteiger charge is -2.33. The molecule has 114 valence electrons. The average molecular weight is 328 g/mol. The van der Waals surface area contributed by atoms with E-state index in [9.17, 15) is 0 Å². The molecule has 6 heteroatoms. The van der Waals surface area contributed by atoms with Gasteiger partial charge >= 0.3 is 0 Å². The van der Waals surface area contributed by atoms with Crippen LogP contribution in [0.4, 0.5) is 0 Å². The van der Waals surface area contributed by atoms with E-state index in [2.05, 4.69) is 29.0 Å². The first-order chi connectivity index (χ1) is 10.1. The molecule has 1 aromatic carbocycles. The van der Waals surface area contributed by atoms with Gasteiger partial charge in [0.25, 0.3) is 0 Å². The molecule has 1 N–H and O–H groups in total. The summed E-state index contributed by atoms with van der Waals surface area (Å²) in [7, 11) is 0. The molecule has 21 heavy (non-hydrogen) atoms. The zero-order valence-corrected chi connectivity index (χ0v) is 13.7. The minimum absolute atomic E-state index is 0.531. The Labute approximate surface area is 134 Å². The highest BCUT2D eigenvalue weighted by atomic mass is 35.5. The maximum atomic E-state index is 6.40. The molecule has 1 aromatic heterocycles. The highest BCUT2D eigenvalue weighted by Gasteiger charge is 2.34. The summed E-state index contributed by atoms with van der Waals surface area (Å²) in [5, 5.41) is 8.02. The van der Waals surface area contributed by atoms with Crippen molar-refractivity contribution in [2.45, 2.75) is 38.7 Å². The van der Waals surface area contributed by atoms with Crippen molar-refractivity contribution < 1.29 is 4.74 Å². The number of benzene rings is 1. The molecule has 0 saturated carbocycles. The Kier molecular flexibility index (Phi) is 5.62. The van der Waals surface area contributed by atoms with Crippen molar-refractivity contribution in [2.75, 3.05) is 6.61 Å². The van der Waals surface area contributed by atoms with Gasteiger partial charge in [0.05, 0.1) is 0 Å². The van der Waals surface area contributed by atoms with Crippen LogP contribution in [0.3, 0.4) is 0 Å². The van der Waals surface area contributed by atoms with E-state index in [0.717, 1.165) is 24.2 Å². The Morgan fingerprint density at radius 1 is 1.29 bits per heavy atom. The van der Waals surface area contributed by atoms with Gasteiger partial charge in [0.1, 0.15) is 17.8 Å². The number of ether oxygens (including phenoxy) is 1. The molecule has 0 saturated heterocycles. The number of aromatic amines is 1. The van der Waals surface area contributed by atoms with Crippen LogP contribution in [0.15, 0.2) is 24.5 Å². The topological polar surface area (TPSA) is 50.8 Å². The number of hydrogen-bond acceptors (Lipinski definition) is 3. The Morgan fingerprint density at radius 3 is 2.67 bits per heavy atom. The lowest BCUT2D eigenvalue weighted by molar-refractivity contribution is -0.0547. The molecule has 0 fully saturated rings. The van der Waals surface area contributed by atoms with Gasteiger partial charge in [-0.1, -0.05) is 43.1 Å². The number of nitrogens with zero attached hydrogens (tertiary/aromatic N) is 2. The molecular weight excluding hydrogens is 309 g/mol. The first-order valence-electron chi connectivity index (χ1n) is 7.05. The van der Waals surface area contributed by atoms with Crippen molar-refractivity contribution in [3.8, 4) is 0 Å². The highest BCUT2D eigenvalue weighted by Crippen LogP contribution is 2.38. The molecule has 0 amide bonds. The monoisotopic (exact) mass is 327 g/mol. The van der Waals surface area contributed by atoms with Crippen LogP contribution >= 0.6 is 23.2 Å². The molecule has 0 aliphatic heterocycles. The minimum atomic E-state index is -0.531. The predicted molar refractivity (Wildman–Crippen MR) is 84.8 cm³/mol. The molecular formula is C15H19Cl2N3O. The van der Waals surface area contributed by atoms with Crippen molar-refractivity contribution in [3.63, 3.8) is 0 Å². The number of hydrogen-bond donors (Lipinski definition) is 1. The number of aromatic nitrogens is 3. The first-order valence-corrected chi connectivity index (χ1v) is 7.80. The summed E-state index contributed by atoms with van der Waals surface area (Å²) in [5.74, 6) is 0.777. The molecule has 0 bridgehead atoms. The van der Waals surface area contributed by atoms with Crippen LogP contribution in [0.2, 0.25) is 10.0 Å². The lowest BCUT2D eigenvalue weighted by atomic mass is 9.87. The molecule has 1 heterocycles. The molecule has 4 nitrogen and oxygen atoms in total. The van der Waals surface area contributed by atoms with E-state index in [1.807, 2.05) is 12.1 Å². The third-order valence-corrected chi connectivity index (χ3v) is 4.04. The molecule has 0 aliphatic rings. The summed E-state index contributed by atoms with van der Waals surface area (Å²) in [5.41, 5.74) is 0.401. The molecule has 1 atom stereocenters. The quantitative estimate of drug-likeness (QED) is 0.820. The molecule has 2 aromatic rings. The maximum absolute atomic E-state index is 6.40. The zero-order valence-electron chi connectivity index (χ0n) is 12.2. The summed E-state index contributed by atoms with van der Waals surface area (Å²) < 4.78 is 6.19. The van der Waals surface area contributed by atoms with Crippen molar-refractivity contribution >= 4 is 23.2 Å². The number of nitrogens with one attached hydrogen (secondary N) is 1. The van der Waals surface area contributed by atoms with Crippen molar-refractivity contribution in [1.29, 1.82) is 0 Å². The standard InChI is InChI=1S/C15H19Cl2N3O/c1-3-7-21-15(4-2,9-14-18-10-19-20-14)12-6-5-11(16)8-13(12)17/h5-6,8,10H,3-4,7,9H2,1-2H3,(H,18,19,20). The van der Waals surface area contributed by atoms with Crippen LogP contribution in [-0.2, 0) is 16.8 Å². The van der Waals surface area contributed by atoms with E-state index in [0.29, 0.717) is 23.1 Å². The fourth-order valence-corrected chi connectivity index (χ4v) is 2.97. The maximum Gasteiger partial charge on any atom is 0.137 e. The van der Waals surface area contributed by atoms with Crippen LogP contribution in [0.1, 0.15) is 38.1 Å². The summed E-state index contributed by atoms with van der Waals surface area (Å²) >= 11 is 12.4. The first kappa shape index (κ1) is 16.3. The second kappa shape index (κ2) is 7.25. The van der Waals surface area contributed by atoms with E-state index < -0.39 is 5.60 Å². The van der Waals surface area contributed by atoms with E-state index in [1.165, 1.54) is 6.33 Å². The van der Waals surface area contributed by atoms with Crippen LogP contribution < -0.4 is 0 Å². The molecule has 2 rings (SSSR count). The van der Waals surface area contributed by atoms with Gasteiger partial charge in [-0.15, -0.1) is 0 Å². The second-order valence-electron chi connectivity index (χ2n) is 4.93. The summed E-state index contributed by atoms with van der Waals surface area (Å²) in [6, 6.07) is 5.52.